The van der Waals surface area contributed by atoms with Gasteiger partial charge in [0.2, 0.25) is 0 Å². The van der Waals surface area contributed by atoms with Crippen molar-refractivity contribution in [3.8, 4) is 5.75 Å². The van der Waals surface area contributed by atoms with Crippen LogP contribution >= 0.6 is 0 Å². The molecule has 0 bridgehead atoms. The summed E-state index contributed by atoms with van der Waals surface area (Å²) in [6, 6.07) is 9.32. The number of hydrogen-bond donors (Lipinski definition) is 3. The number of carbonyl (C=O) groups is 2. The Hall–Kier alpha value is -3.46. The molecule has 0 aliphatic heterocycles. The second-order valence-corrected chi connectivity index (χ2v) is 7.30. The number of nitro groups is 1. The van der Waals surface area contributed by atoms with Gasteiger partial charge in [-0.2, -0.15) is 0 Å². The van der Waals surface area contributed by atoms with Gasteiger partial charge in [-0.3, -0.25) is 19.7 Å². The normalized spacial score (nSPS) is 17.6. The van der Waals surface area contributed by atoms with Crippen LogP contribution in [0.25, 0.3) is 0 Å². The third-order valence-corrected chi connectivity index (χ3v) is 5.27. The van der Waals surface area contributed by atoms with Crippen LogP contribution in [0.4, 0.5) is 11.4 Å². The third-order valence-electron chi connectivity index (χ3n) is 5.27. The summed E-state index contributed by atoms with van der Waals surface area (Å²) in [7, 11) is 1.57. The summed E-state index contributed by atoms with van der Waals surface area (Å²) in [6.45, 7) is 1.48. The molecule has 0 spiro atoms. The summed E-state index contributed by atoms with van der Waals surface area (Å²) >= 11 is 0. The smallest absolute Gasteiger partial charge is 0.313 e. The van der Waals surface area contributed by atoms with Crippen molar-refractivity contribution in [2.75, 3.05) is 19.0 Å². The van der Waals surface area contributed by atoms with Gasteiger partial charge in [0.1, 0.15) is 11.4 Å². The molecule has 1 atom stereocenters. The van der Waals surface area contributed by atoms with E-state index in [9.17, 15) is 24.8 Å². The first-order chi connectivity index (χ1) is 14.2. The van der Waals surface area contributed by atoms with Crippen molar-refractivity contribution < 1.29 is 24.4 Å². The monoisotopic (exact) mass is 413 g/mol. The zero-order valence-electron chi connectivity index (χ0n) is 16.7. The van der Waals surface area contributed by atoms with Crippen molar-refractivity contribution in [3.05, 3.63) is 63.2 Å². The molecule has 158 valence electrons. The minimum Gasteiger partial charge on any atom is -0.497 e. The van der Waals surface area contributed by atoms with E-state index in [1.165, 1.54) is 18.2 Å². The average Bonchev–Trinajstić information content (AvgIpc) is 2.73. The largest absolute Gasteiger partial charge is 0.497 e. The first-order valence-electron chi connectivity index (χ1n) is 9.47. The summed E-state index contributed by atoms with van der Waals surface area (Å²) in [5.41, 5.74) is 1.03. The van der Waals surface area contributed by atoms with Crippen LogP contribution < -0.4 is 15.4 Å². The molecule has 0 aromatic heterocycles. The maximum atomic E-state index is 12.3. The Bertz CT molecular complexity index is 1010. The van der Waals surface area contributed by atoms with E-state index in [1.807, 2.05) is 6.07 Å². The molecule has 9 nitrogen and oxygen atoms in total. The lowest BCUT2D eigenvalue weighted by Gasteiger charge is -2.34. The van der Waals surface area contributed by atoms with Gasteiger partial charge in [0.05, 0.1) is 18.6 Å². The van der Waals surface area contributed by atoms with E-state index < -0.39 is 22.3 Å². The predicted octanol–water partition coefficient (Wildman–Crippen LogP) is 2.19. The molecule has 0 saturated carbocycles. The lowest BCUT2D eigenvalue weighted by atomic mass is 9.79. The number of benzene rings is 2. The predicted molar refractivity (Wildman–Crippen MR) is 109 cm³/mol. The topological polar surface area (TPSA) is 131 Å². The van der Waals surface area contributed by atoms with E-state index >= 15 is 0 Å². The van der Waals surface area contributed by atoms with Gasteiger partial charge in [0, 0.05) is 17.8 Å². The van der Waals surface area contributed by atoms with Gasteiger partial charge >= 0.3 is 11.8 Å². The van der Waals surface area contributed by atoms with E-state index in [1.54, 1.807) is 26.2 Å². The molecule has 2 aromatic rings. The first kappa shape index (κ1) is 21.3. The van der Waals surface area contributed by atoms with Gasteiger partial charge < -0.3 is 20.5 Å². The SMILES string of the molecule is COc1ccc2c(c1)CCCC2(O)CNC(=O)C(=O)Nc1ccc([N+](=O)[O-])cc1C. The number of non-ortho nitro benzene ring substituents is 1. The maximum absolute atomic E-state index is 12.3. The van der Waals surface area contributed by atoms with Crippen LogP contribution in [0.15, 0.2) is 36.4 Å². The Morgan fingerprint density at radius 3 is 2.67 bits per heavy atom. The zero-order chi connectivity index (χ0) is 21.9. The number of aryl methyl sites for hydroxylation is 2. The summed E-state index contributed by atoms with van der Waals surface area (Å²) < 4.78 is 5.22. The molecule has 2 aromatic carbocycles. The van der Waals surface area contributed by atoms with Crippen LogP contribution in [0, 0.1) is 17.0 Å². The molecule has 1 aliphatic carbocycles. The van der Waals surface area contributed by atoms with Gasteiger partial charge in [-0.05, 0) is 61.1 Å². The first-order valence-corrected chi connectivity index (χ1v) is 9.47. The Labute approximate surface area is 173 Å². The minimum atomic E-state index is -1.28. The van der Waals surface area contributed by atoms with Gasteiger partial charge in [0.15, 0.2) is 0 Å². The Kier molecular flexibility index (Phi) is 6.02. The average molecular weight is 413 g/mol. The highest BCUT2D eigenvalue weighted by atomic mass is 16.6. The molecule has 1 aliphatic rings. The minimum absolute atomic E-state index is 0.107. The van der Waals surface area contributed by atoms with E-state index in [2.05, 4.69) is 10.6 Å². The Balaban J connectivity index is 1.66. The highest BCUT2D eigenvalue weighted by Crippen LogP contribution is 2.36. The van der Waals surface area contributed by atoms with Crippen molar-refractivity contribution in [3.63, 3.8) is 0 Å². The summed E-state index contributed by atoms with van der Waals surface area (Å²) in [5, 5.41) is 26.8. The number of hydrogen-bond acceptors (Lipinski definition) is 6. The number of nitrogens with one attached hydrogen (secondary N) is 2. The van der Waals surface area contributed by atoms with Gasteiger partial charge in [-0.25, -0.2) is 0 Å². The van der Waals surface area contributed by atoms with Gasteiger partial charge in [0.25, 0.3) is 5.69 Å². The van der Waals surface area contributed by atoms with Gasteiger partial charge in [-0.1, -0.05) is 6.07 Å². The van der Waals surface area contributed by atoms with Crippen LogP contribution in [-0.2, 0) is 21.6 Å². The lowest BCUT2D eigenvalue weighted by Crippen LogP contribution is -2.46. The fourth-order valence-electron chi connectivity index (χ4n) is 3.63. The maximum Gasteiger partial charge on any atom is 0.313 e. The summed E-state index contributed by atoms with van der Waals surface area (Å²) in [5.74, 6) is -1.12. The van der Waals surface area contributed by atoms with E-state index in [-0.39, 0.29) is 12.2 Å². The summed E-state index contributed by atoms with van der Waals surface area (Å²) in [4.78, 5) is 34.8. The van der Waals surface area contributed by atoms with Crippen LogP contribution in [0.2, 0.25) is 0 Å². The number of rotatable bonds is 5. The zero-order valence-corrected chi connectivity index (χ0v) is 16.7. The van der Waals surface area contributed by atoms with Crippen molar-refractivity contribution in [1.82, 2.24) is 5.32 Å². The highest BCUT2D eigenvalue weighted by Gasteiger charge is 2.35. The van der Waals surface area contributed by atoms with Crippen molar-refractivity contribution in [2.45, 2.75) is 31.8 Å². The highest BCUT2D eigenvalue weighted by molar-refractivity contribution is 6.39. The van der Waals surface area contributed by atoms with Crippen molar-refractivity contribution in [2.24, 2.45) is 0 Å². The van der Waals surface area contributed by atoms with Crippen LogP contribution in [0.3, 0.4) is 0 Å². The molecule has 0 radical (unpaired) electrons. The second kappa shape index (κ2) is 8.50. The summed E-state index contributed by atoms with van der Waals surface area (Å²) in [6.07, 6.45) is 1.99. The molecule has 3 rings (SSSR count). The fourth-order valence-corrected chi connectivity index (χ4v) is 3.63. The molecule has 2 amide bonds. The molecule has 0 saturated heterocycles. The number of nitrogens with zero attached hydrogens (tertiary/aromatic N) is 1. The number of ether oxygens (including phenoxy) is 1. The van der Waals surface area contributed by atoms with Crippen molar-refractivity contribution in [1.29, 1.82) is 0 Å². The molecule has 3 N–H and O–H groups in total. The van der Waals surface area contributed by atoms with Crippen molar-refractivity contribution >= 4 is 23.2 Å². The molecule has 0 fully saturated rings. The second-order valence-electron chi connectivity index (χ2n) is 7.30. The lowest BCUT2D eigenvalue weighted by molar-refractivity contribution is -0.384. The van der Waals surface area contributed by atoms with Crippen LogP contribution in [-0.4, -0.2) is 35.5 Å². The standard InChI is InChI=1S/C21H23N3O6/c1-13-10-15(24(28)29)5-8-18(13)23-20(26)19(25)22-12-21(27)9-3-4-14-11-16(30-2)6-7-17(14)21/h5-8,10-11,27H,3-4,9,12H2,1-2H3,(H,22,25)(H,23,26). The van der Waals surface area contributed by atoms with Crippen LogP contribution in [0.1, 0.15) is 29.5 Å². The molecule has 30 heavy (non-hydrogen) atoms. The van der Waals surface area contributed by atoms with E-state index in [4.69, 9.17) is 4.74 Å². The number of carbonyl (C=O) groups excluding carboxylic acids is 2. The van der Waals surface area contributed by atoms with Crippen LogP contribution in [0.5, 0.6) is 5.75 Å². The van der Waals surface area contributed by atoms with E-state index in [0.29, 0.717) is 29.0 Å². The Morgan fingerprint density at radius 2 is 2.00 bits per heavy atom. The van der Waals surface area contributed by atoms with Gasteiger partial charge in [-0.15, -0.1) is 0 Å². The fraction of sp³-hybridized carbons (Fsp3) is 0.333. The molecular weight excluding hydrogens is 390 g/mol. The number of methoxy groups -OCH3 is 1. The number of fused-ring (bicyclic) bond motifs is 1. The molecule has 9 heteroatoms. The Morgan fingerprint density at radius 1 is 1.23 bits per heavy atom. The number of aliphatic hydroxyl groups is 1. The number of amides is 2. The molecule has 0 heterocycles. The number of nitro benzene ring substituents is 1. The molecular formula is C21H23N3O6. The molecule has 1 unspecified atom stereocenters. The third kappa shape index (κ3) is 4.41. The van der Waals surface area contributed by atoms with E-state index in [0.717, 1.165) is 18.4 Å². The quantitative estimate of drug-likeness (QED) is 0.391. The number of anilines is 1.